The van der Waals surface area contributed by atoms with Crippen molar-refractivity contribution in [2.45, 2.75) is 18.6 Å². The molecule has 1 aromatic carbocycles. The molecule has 96 valence electrons. The van der Waals surface area contributed by atoms with E-state index in [9.17, 15) is 4.79 Å². The third-order valence-electron chi connectivity index (χ3n) is 2.51. The Kier molecular flexibility index (Phi) is 5.11. The molecule has 0 atom stereocenters. The Balaban J connectivity index is 2.52. The van der Waals surface area contributed by atoms with Crippen molar-refractivity contribution in [2.24, 2.45) is 0 Å². The van der Waals surface area contributed by atoms with Gasteiger partial charge in [-0.15, -0.1) is 6.42 Å². The van der Waals surface area contributed by atoms with E-state index in [4.69, 9.17) is 6.42 Å². The molecule has 0 saturated carbocycles. The van der Waals surface area contributed by atoms with Crippen molar-refractivity contribution in [2.75, 3.05) is 18.1 Å². The summed E-state index contributed by atoms with van der Waals surface area (Å²) in [6, 6.07) is 6.99. The predicted molar refractivity (Wildman–Crippen MR) is 79.0 cm³/mol. The fraction of sp³-hybridized carbons (Fsp3) is 0.357. The van der Waals surface area contributed by atoms with Gasteiger partial charge >= 0.3 is 6.03 Å². The molecule has 2 N–H and O–H groups in total. The van der Waals surface area contributed by atoms with Crippen molar-refractivity contribution in [3.8, 4) is 12.3 Å². The number of hydrogen-bond donors (Lipinski definition) is 2. The Morgan fingerprint density at radius 2 is 2.22 bits per heavy atom. The summed E-state index contributed by atoms with van der Waals surface area (Å²) in [6.07, 6.45) is 7.33. The van der Waals surface area contributed by atoms with Crippen LogP contribution in [0.3, 0.4) is 0 Å². The monoisotopic (exact) mass is 262 g/mol. The molecule has 0 fully saturated rings. The minimum Gasteiger partial charge on any atom is -0.336 e. The molecule has 18 heavy (non-hydrogen) atoms. The van der Waals surface area contributed by atoms with Gasteiger partial charge < -0.3 is 10.6 Å². The number of carbonyl (C=O) groups excluding carboxylic acids is 1. The van der Waals surface area contributed by atoms with Gasteiger partial charge in [-0.2, -0.15) is 11.8 Å². The molecule has 0 saturated heterocycles. The first-order chi connectivity index (χ1) is 8.46. The predicted octanol–water partition coefficient (Wildman–Crippen LogP) is 2.93. The minimum absolute atomic E-state index is 0.0258. The Morgan fingerprint density at radius 3 is 2.83 bits per heavy atom. The number of rotatable bonds is 4. The van der Waals surface area contributed by atoms with Crippen LogP contribution in [0.2, 0.25) is 0 Å². The van der Waals surface area contributed by atoms with Crippen LogP contribution in [0.15, 0.2) is 24.3 Å². The first-order valence-electron chi connectivity index (χ1n) is 5.63. The van der Waals surface area contributed by atoms with Gasteiger partial charge in [-0.25, -0.2) is 4.79 Å². The molecule has 0 unspecified atom stereocenters. The fourth-order valence-electron chi connectivity index (χ4n) is 1.23. The Labute approximate surface area is 113 Å². The van der Waals surface area contributed by atoms with Gasteiger partial charge in [-0.1, -0.05) is 12.0 Å². The number of urea groups is 1. The molecule has 1 rings (SSSR count). The molecule has 0 spiro atoms. The van der Waals surface area contributed by atoms with Crippen molar-refractivity contribution in [3.63, 3.8) is 0 Å². The van der Waals surface area contributed by atoms with Crippen LogP contribution < -0.4 is 10.6 Å². The molecular weight excluding hydrogens is 244 g/mol. The van der Waals surface area contributed by atoms with E-state index in [0.29, 0.717) is 12.2 Å². The summed E-state index contributed by atoms with van der Waals surface area (Å²) in [5.41, 5.74) is 1.45. The fourth-order valence-corrected chi connectivity index (χ4v) is 1.44. The SMILES string of the molecule is C#Cc1cccc(NC(=O)NCC(C)(C)SC)c1. The Hall–Kier alpha value is -1.60. The van der Waals surface area contributed by atoms with Crippen LogP contribution in [0.5, 0.6) is 0 Å². The summed E-state index contributed by atoms with van der Waals surface area (Å²) < 4.78 is 0.0258. The van der Waals surface area contributed by atoms with Crippen LogP contribution in [0, 0.1) is 12.3 Å². The van der Waals surface area contributed by atoms with Crippen molar-refractivity contribution in [1.29, 1.82) is 0 Å². The van der Waals surface area contributed by atoms with E-state index in [1.54, 1.807) is 23.9 Å². The van der Waals surface area contributed by atoms with Crippen LogP contribution in [-0.2, 0) is 0 Å². The number of terminal acetylenes is 1. The van der Waals surface area contributed by atoms with E-state index >= 15 is 0 Å². The third-order valence-corrected chi connectivity index (χ3v) is 3.76. The summed E-state index contributed by atoms with van der Waals surface area (Å²) in [7, 11) is 0. The lowest BCUT2D eigenvalue weighted by atomic mass is 10.2. The quantitative estimate of drug-likeness (QED) is 0.819. The van der Waals surface area contributed by atoms with Gasteiger partial charge in [-0.3, -0.25) is 0 Å². The lowest BCUT2D eigenvalue weighted by molar-refractivity contribution is 0.251. The highest BCUT2D eigenvalue weighted by molar-refractivity contribution is 7.99. The summed E-state index contributed by atoms with van der Waals surface area (Å²) in [6.45, 7) is 4.77. The maximum absolute atomic E-state index is 11.7. The highest BCUT2D eigenvalue weighted by Gasteiger charge is 2.16. The molecule has 0 aliphatic rings. The standard InChI is InChI=1S/C14H18N2OS/c1-5-11-7-6-8-12(9-11)16-13(17)15-10-14(2,3)18-4/h1,6-9H,10H2,2-4H3,(H2,15,16,17). The van der Waals surface area contributed by atoms with E-state index < -0.39 is 0 Å². The molecule has 0 bridgehead atoms. The van der Waals surface area contributed by atoms with Gasteiger partial charge in [0.2, 0.25) is 0 Å². The molecule has 2 amide bonds. The van der Waals surface area contributed by atoms with Crippen molar-refractivity contribution < 1.29 is 4.79 Å². The second-order valence-corrected chi connectivity index (χ2v) is 6.01. The molecule has 0 aliphatic heterocycles. The number of thioether (sulfide) groups is 1. The second-order valence-electron chi connectivity index (χ2n) is 4.50. The van der Waals surface area contributed by atoms with Gasteiger partial charge in [0.15, 0.2) is 0 Å². The van der Waals surface area contributed by atoms with E-state index in [2.05, 4.69) is 30.4 Å². The number of hydrogen-bond acceptors (Lipinski definition) is 2. The number of nitrogens with one attached hydrogen (secondary N) is 2. The van der Waals surface area contributed by atoms with Crippen LogP contribution in [-0.4, -0.2) is 23.6 Å². The number of benzene rings is 1. The van der Waals surface area contributed by atoms with Crippen molar-refractivity contribution in [3.05, 3.63) is 29.8 Å². The van der Waals surface area contributed by atoms with Crippen LogP contribution in [0.4, 0.5) is 10.5 Å². The summed E-state index contributed by atoms with van der Waals surface area (Å²) >= 11 is 1.71. The van der Waals surface area contributed by atoms with E-state index in [1.807, 2.05) is 18.4 Å². The maximum atomic E-state index is 11.7. The van der Waals surface area contributed by atoms with Gasteiger partial charge in [0, 0.05) is 22.5 Å². The minimum atomic E-state index is -0.216. The lowest BCUT2D eigenvalue weighted by Gasteiger charge is -2.22. The number of amides is 2. The Morgan fingerprint density at radius 1 is 1.50 bits per heavy atom. The highest BCUT2D eigenvalue weighted by Crippen LogP contribution is 2.19. The first kappa shape index (κ1) is 14.5. The Bertz CT molecular complexity index is 463. The van der Waals surface area contributed by atoms with E-state index in [1.165, 1.54) is 0 Å². The molecule has 0 radical (unpaired) electrons. The molecule has 3 nitrogen and oxygen atoms in total. The van der Waals surface area contributed by atoms with Gasteiger partial charge in [0.25, 0.3) is 0 Å². The van der Waals surface area contributed by atoms with Crippen molar-refractivity contribution in [1.82, 2.24) is 5.32 Å². The summed E-state index contributed by atoms with van der Waals surface area (Å²) in [4.78, 5) is 11.7. The van der Waals surface area contributed by atoms with E-state index in [0.717, 1.165) is 5.56 Å². The topological polar surface area (TPSA) is 41.1 Å². The first-order valence-corrected chi connectivity index (χ1v) is 6.86. The van der Waals surface area contributed by atoms with Gasteiger partial charge in [0.05, 0.1) is 0 Å². The van der Waals surface area contributed by atoms with Crippen LogP contribution in [0.25, 0.3) is 0 Å². The maximum Gasteiger partial charge on any atom is 0.319 e. The molecule has 0 aromatic heterocycles. The zero-order valence-corrected chi connectivity index (χ0v) is 11.7. The van der Waals surface area contributed by atoms with Gasteiger partial charge in [-0.05, 0) is 38.3 Å². The molecular formula is C14H18N2OS. The number of anilines is 1. The lowest BCUT2D eigenvalue weighted by Crippen LogP contribution is -2.38. The van der Waals surface area contributed by atoms with Gasteiger partial charge in [0.1, 0.15) is 0 Å². The summed E-state index contributed by atoms with van der Waals surface area (Å²) in [5, 5.41) is 5.60. The number of carbonyl (C=O) groups is 1. The smallest absolute Gasteiger partial charge is 0.319 e. The summed E-state index contributed by atoms with van der Waals surface area (Å²) in [5.74, 6) is 2.53. The normalized spacial score (nSPS) is 10.6. The largest absolute Gasteiger partial charge is 0.336 e. The third kappa shape index (κ3) is 4.72. The molecule has 0 aliphatic carbocycles. The zero-order valence-electron chi connectivity index (χ0n) is 10.9. The average Bonchev–Trinajstić information content (AvgIpc) is 2.37. The second kappa shape index (κ2) is 6.36. The van der Waals surface area contributed by atoms with E-state index in [-0.39, 0.29) is 10.8 Å². The zero-order chi connectivity index (χ0) is 13.6. The molecule has 1 aromatic rings. The molecule has 0 heterocycles. The average molecular weight is 262 g/mol. The van der Waals surface area contributed by atoms with Crippen molar-refractivity contribution >= 4 is 23.5 Å². The van der Waals surface area contributed by atoms with Crippen LogP contribution in [0.1, 0.15) is 19.4 Å². The highest BCUT2D eigenvalue weighted by atomic mass is 32.2. The van der Waals surface area contributed by atoms with Crippen LogP contribution >= 0.6 is 11.8 Å². The molecule has 4 heteroatoms.